The van der Waals surface area contributed by atoms with Crippen LogP contribution in [-0.4, -0.2) is 20.9 Å². The third kappa shape index (κ3) is 6.17. The zero-order valence-electron chi connectivity index (χ0n) is 19.8. The lowest BCUT2D eigenvalue weighted by atomic mass is 10.1. The average molecular weight is 497 g/mol. The summed E-state index contributed by atoms with van der Waals surface area (Å²) in [6, 6.07) is 14.6. The molecule has 2 N–H and O–H groups in total. The number of fused-ring (bicyclic) bond motifs is 1. The maximum Gasteiger partial charge on any atom is 0.247 e. The number of benzene rings is 2. The Bertz CT molecular complexity index is 1480. The number of hydrogen-bond donors (Lipinski definition) is 2. The monoisotopic (exact) mass is 496 g/mol. The van der Waals surface area contributed by atoms with E-state index in [1.165, 1.54) is 12.4 Å². The van der Waals surface area contributed by atoms with Crippen molar-refractivity contribution in [3.8, 4) is 17.6 Å². The van der Waals surface area contributed by atoms with Crippen LogP contribution >= 0.6 is 11.6 Å². The maximum absolute atomic E-state index is 12.0. The molecule has 0 unspecified atom stereocenters. The van der Waals surface area contributed by atoms with E-state index in [2.05, 4.69) is 44.0 Å². The van der Waals surface area contributed by atoms with Gasteiger partial charge in [-0.05, 0) is 62.4 Å². The lowest BCUT2D eigenvalue weighted by molar-refractivity contribution is -0.111. The fourth-order valence-corrected chi connectivity index (χ4v) is 3.49. The number of pyridine rings is 1. The van der Waals surface area contributed by atoms with Crippen molar-refractivity contribution in [3.63, 3.8) is 0 Å². The number of ether oxygens (including phenoxy) is 1. The second-order valence-electron chi connectivity index (χ2n) is 7.96. The van der Waals surface area contributed by atoms with Crippen LogP contribution in [0.5, 0.6) is 5.75 Å². The smallest absolute Gasteiger partial charge is 0.247 e. The highest BCUT2D eigenvalue weighted by molar-refractivity contribution is 6.32. The van der Waals surface area contributed by atoms with Gasteiger partial charge in [-0.1, -0.05) is 36.1 Å². The van der Waals surface area contributed by atoms with Crippen LogP contribution in [0.15, 0.2) is 73.7 Å². The molecule has 36 heavy (non-hydrogen) atoms. The molecule has 0 aliphatic rings. The van der Waals surface area contributed by atoms with Crippen molar-refractivity contribution in [2.75, 3.05) is 10.6 Å². The summed E-state index contributed by atoms with van der Waals surface area (Å²) in [4.78, 5) is 25.1. The summed E-state index contributed by atoms with van der Waals surface area (Å²) in [7, 11) is 0. The highest BCUT2D eigenvalue weighted by Gasteiger charge is 2.12. The molecule has 8 heteroatoms. The molecular weight excluding hydrogens is 474 g/mol. The van der Waals surface area contributed by atoms with E-state index in [0.717, 1.165) is 11.6 Å². The number of carbonyl (C=O) groups is 1. The van der Waals surface area contributed by atoms with E-state index < -0.39 is 0 Å². The van der Waals surface area contributed by atoms with E-state index in [0.29, 0.717) is 51.0 Å². The SMILES string of the molecule is C=CC(=O)Nc1cc2c(Nc3ccc(OCc4ccccn4)c(Cl)c3)ncnc2cc1C#C[C](C)C. The molecule has 2 aromatic heterocycles. The first-order chi connectivity index (χ1) is 17.4. The predicted octanol–water partition coefficient (Wildman–Crippen LogP) is 6.09. The quantitative estimate of drug-likeness (QED) is 0.238. The molecular formula is C28H23ClN5O2. The fraction of sp³-hybridized carbons (Fsp3) is 0.107. The van der Waals surface area contributed by atoms with Gasteiger partial charge >= 0.3 is 0 Å². The minimum atomic E-state index is -0.339. The van der Waals surface area contributed by atoms with Crippen LogP contribution in [0.25, 0.3) is 10.9 Å². The van der Waals surface area contributed by atoms with Gasteiger partial charge in [0, 0.05) is 23.2 Å². The van der Waals surface area contributed by atoms with Crippen molar-refractivity contribution in [1.29, 1.82) is 0 Å². The highest BCUT2D eigenvalue weighted by Crippen LogP contribution is 2.32. The summed E-state index contributed by atoms with van der Waals surface area (Å²) in [6.07, 6.45) is 4.39. The lowest BCUT2D eigenvalue weighted by Crippen LogP contribution is -2.09. The van der Waals surface area contributed by atoms with Gasteiger partial charge in [0.05, 0.1) is 27.5 Å². The number of amides is 1. The molecule has 0 bridgehead atoms. The average Bonchev–Trinajstić information content (AvgIpc) is 2.87. The third-order valence-corrected chi connectivity index (χ3v) is 5.26. The Morgan fingerprint density at radius 2 is 2.00 bits per heavy atom. The topological polar surface area (TPSA) is 89.0 Å². The van der Waals surface area contributed by atoms with E-state index in [-0.39, 0.29) is 5.91 Å². The number of hydrogen-bond acceptors (Lipinski definition) is 6. The third-order valence-electron chi connectivity index (χ3n) is 4.96. The van der Waals surface area contributed by atoms with Gasteiger partial charge in [-0.25, -0.2) is 9.97 Å². The van der Waals surface area contributed by atoms with Gasteiger partial charge in [0.2, 0.25) is 5.91 Å². The molecule has 0 saturated carbocycles. The second-order valence-corrected chi connectivity index (χ2v) is 8.37. The van der Waals surface area contributed by atoms with Crippen molar-refractivity contribution in [3.05, 3.63) is 95.9 Å². The number of halogens is 1. The molecule has 179 valence electrons. The summed E-state index contributed by atoms with van der Waals surface area (Å²) >= 11 is 6.47. The summed E-state index contributed by atoms with van der Waals surface area (Å²) in [5.41, 5.74) is 3.36. The molecule has 0 aliphatic carbocycles. The van der Waals surface area contributed by atoms with E-state index in [4.69, 9.17) is 16.3 Å². The molecule has 1 radical (unpaired) electrons. The summed E-state index contributed by atoms with van der Waals surface area (Å²) in [6.45, 7) is 7.67. The molecule has 0 aliphatic heterocycles. The Balaban J connectivity index is 1.63. The molecule has 0 atom stereocenters. The first-order valence-corrected chi connectivity index (χ1v) is 11.4. The predicted molar refractivity (Wildman–Crippen MR) is 143 cm³/mol. The Hall–Kier alpha value is -4.41. The first kappa shape index (κ1) is 24.7. The minimum absolute atomic E-state index is 0.309. The highest BCUT2D eigenvalue weighted by atomic mass is 35.5. The van der Waals surface area contributed by atoms with Crippen molar-refractivity contribution in [2.24, 2.45) is 0 Å². The van der Waals surface area contributed by atoms with E-state index in [1.54, 1.807) is 24.4 Å². The Morgan fingerprint density at radius 3 is 2.72 bits per heavy atom. The molecule has 0 spiro atoms. The van der Waals surface area contributed by atoms with Crippen LogP contribution in [-0.2, 0) is 11.4 Å². The van der Waals surface area contributed by atoms with E-state index in [9.17, 15) is 4.79 Å². The zero-order valence-corrected chi connectivity index (χ0v) is 20.6. The second kappa shape index (κ2) is 11.3. The van der Waals surface area contributed by atoms with Crippen LogP contribution in [0.4, 0.5) is 17.2 Å². The zero-order chi connectivity index (χ0) is 25.5. The van der Waals surface area contributed by atoms with Crippen molar-refractivity contribution in [2.45, 2.75) is 20.5 Å². The van der Waals surface area contributed by atoms with Gasteiger partial charge in [0.1, 0.15) is 24.5 Å². The molecule has 4 aromatic rings. The minimum Gasteiger partial charge on any atom is -0.486 e. The molecule has 1 amide bonds. The molecule has 7 nitrogen and oxygen atoms in total. The number of nitrogens with zero attached hydrogens (tertiary/aromatic N) is 3. The van der Waals surface area contributed by atoms with Gasteiger partial charge in [0.15, 0.2) is 0 Å². The van der Waals surface area contributed by atoms with Crippen LogP contribution < -0.4 is 15.4 Å². The van der Waals surface area contributed by atoms with Gasteiger partial charge in [-0.15, -0.1) is 0 Å². The standard InChI is InChI=1S/C28H23ClN5O2/c1-4-27(35)34-24-15-22-25(13-19(24)9-8-18(2)3)31-17-32-28(22)33-20-10-11-26(23(29)14-20)36-16-21-7-5-6-12-30-21/h4-7,10-15,17H,1,16H2,2-3H3,(H,34,35)(H,31,32,33). The molecule has 0 fully saturated rings. The summed E-state index contributed by atoms with van der Waals surface area (Å²) < 4.78 is 5.80. The summed E-state index contributed by atoms with van der Waals surface area (Å²) in [5.74, 6) is 7.83. The van der Waals surface area contributed by atoms with Crippen LogP contribution in [0, 0.1) is 17.8 Å². The van der Waals surface area contributed by atoms with Crippen LogP contribution in [0.3, 0.4) is 0 Å². The first-order valence-electron chi connectivity index (χ1n) is 11.1. The number of rotatable bonds is 7. The van der Waals surface area contributed by atoms with E-state index in [1.807, 2.05) is 44.2 Å². The van der Waals surface area contributed by atoms with Crippen molar-refractivity contribution < 1.29 is 9.53 Å². The Kier molecular flexibility index (Phi) is 7.79. The van der Waals surface area contributed by atoms with E-state index >= 15 is 0 Å². The maximum atomic E-state index is 12.0. The van der Waals surface area contributed by atoms with Gasteiger partial charge in [-0.3, -0.25) is 9.78 Å². The van der Waals surface area contributed by atoms with Gasteiger partial charge in [-0.2, -0.15) is 0 Å². The lowest BCUT2D eigenvalue weighted by Gasteiger charge is -2.13. The largest absolute Gasteiger partial charge is 0.486 e. The fourth-order valence-electron chi connectivity index (χ4n) is 3.25. The van der Waals surface area contributed by atoms with Crippen LogP contribution in [0.2, 0.25) is 5.02 Å². The Morgan fingerprint density at radius 1 is 1.14 bits per heavy atom. The number of aromatic nitrogens is 3. The van der Waals surface area contributed by atoms with Gasteiger partial charge < -0.3 is 15.4 Å². The van der Waals surface area contributed by atoms with Crippen LogP contribution in [0.1, 0.15) is 25.1 Å². The number of anilines is 3. The summed E-state index contributed by atoms with van der Waals surface area (Å²) in [5, 5.41) is 7.23. The molecule has 2 heterocycles. The molecule has 4 rings (SSSR count). The normalized spacial score (nSPS) is 10.4. The number of nitrogens with one attached hydrogen (secondary N) is 2. The van der Waals surface area contributed by atoms with Crippen molar-refractivity contribution >= 4 is 45.6 Å². The molecule has 2 aromatic carbocycles. The van der Waals surface area contributed by atoms with Crippen molar-refractivity contribution in [1.82, 2.24) is 15.0 Å². The van der Waals surface area contributed by atoms with Gasteiger partial charge in [0.25, 0.3) is 0 Å². The Labute approximate surface area is 214 Å². The number of carbonyl (C=O) groups excluding carboxylic acids is 1. The molecule has 0 saturated heterocycles.